The quantitative estimate of drug-likeness (QED) is 0.735. The molecule has 0 atom stereocenters. The standard InChI is InChI=1S/C12H15N3/c1-9-3-5-11(6-4-9)15-12(7-8-13)10(2)14/h3-8H,2,13-14H2,1H3. The normalized spacial score (nSPS) is 11.9. The number of hydrogen-bond acceptors (Lipinski definition) is 3. The van der Waals surface area contributed by atoms with E-state index in [1.165, 1.54) is 11.8 Å². The minimum Gasteiger partial charge on any atom is -0.405 e. The van der Waals surface area contributed by atoms with Gasteiger partial charge in [0.05, 0.1) is 17.1 Å². The Morgan fingerprint density at radius 2 is 1.93 bits per heavy atom. The Hall–Kier alpha value is -2.03. The lowest BCUT2D eigenvalue weighted by Crippen LogP contribution is -2.07. The number of benzene rings is 1. The zero-order chi connectivity index (χ0) is 11.3. The number of nitrogens with two attached hydrogens (primary N) is 2. The Balaban J connectivity index is 3.02. The third kappa shape index (κ3) is 3.31. The zero-order valence-corrected chi connectivity index (χ0v) is 8.77. The zero-order valence-electron chi connectivity index (χ0n) is 8.77. The molecule has 0 aliphatic heterocycles. The van der Waals surface area contributed by atoms with Crippen LogP contribution in [-0.4, -0.2) is 5.71 Å². The molecule has 0 aromatic heterocycles. The van der Waals surface area contributed by atoms with Gasteiger partial charge >= 0.3 is 0 Å². The van der Waals surface area contributed by atoms with Gasteiger partial charge in [-0.15, -0.1) is 0 Å². The van der Waals surface area contributed by atoms with Gasteiger partial charge in [0.25, 0.3) is 0 Å². The summed E-state index contributed by atoms with van der Waals surface area (Å²) >= 11 is 0. The highest BCUT2D eigenvalue weighted by molar-refractivity contribution is 6.08. The van der Waals surface area contributed by atoms with Gasteiger partial charge in [0.1, 0.15) is 0 Å². The molecule has 0 aliphatic carbocycles. The molecule has 0 fully saturated rings. The van der Waals surface area contributed by atoms with Crippen molar-refractivity contribution in [3.05, 3.63) is 54.4 Å². The molecule has 0 heterocycles. The molecule has 4 N–H and O–H groups in total. The van der Waals surface area contributed by atoms with E-state index in [9.17, 15) is 0 Å². The summed E-state index contributed by atoms with van der Waals surface area (Å²) < 4.78 is 0. The fourth-order valence-electron chi connectivity index (χ4n) is 1.07. The first-order chi connectivity index (χ1) is 7.13. The van der Waals surface area contributed by atoms with Gasteiger partial charge in [-0.05, 0) is 31.3 Å². The fourth-order valence-corrected chi connectivity index (χ4v) is 1.07. The van der Waals surface area contributed by atoms with Crippen LogP contribution in [0.4, 0.5) is 5.69 Å². The van der Waals surface area contributed by atoms with Crippen molar-refractivity contribution < 1.29 is 0 Å². The lowest BCUT2D eigenvalue weighted by molar-refractivity contribution is 1.41. The van der Waals surface area contributed by atoms with Gasteiger partial charge in [0, 0.05) is 0 Å². The highest BCUT2D eigenvalue weighted by Crippen LogP contribution is 2.13. The van der Waals surface area contributed by atoms with Crippen LogP contribution in [0.1, 0.15) is 5.56 Å². The van der Waals surface area contributed by atoms with Crippen LogP contribution in [-0.2, 0) is 0 Å². The summed E-state index contributed by atoms with van der Waals surface area (Å²) in [7, 11) is 0. The average molecular weight is 201 g/mol. The maximum absolute atomic E-state index is 5.57. The van der Waals surface area contributed by atoms with E-state index in [1.54, 1.807) is 6.08 Å². The van der Waals surface area contributed by atoms with Crippen molar-refractivity contribution in [2.45, 2.75) is 6.92 Å². The van der Waals surface area contributed by atoms with Crippen molar-refractivity contribution in [1.82, 2.24) is 0 Å². The van der Waals surface area contributed by atoms with Gasteiger partial charge in [-0.3, -0.25) is 0 Å². The molecule has 0 unspecified atom stereocenters. The molecule has 0 saturated heterocycles. The van der Waals surface area contributed by atoms with E-state index in [4.69, 9.17) is 11.5 Å². The number of aliphatic imine (C=N–C) groups is 1. The number of allylic oxidation sites excluding steroid dienone is 1. The van der Waals surface area contributed by atoms with E-state index in [0.29, 0.717) is 11.4 Å². The van der Waals surface area contributed by atoms with Gasteiger partial charge in [-0.2, -0.15) is 0 Å². The monoisotopic (exact) mass is 201 g/mol. The Morgan fingerprint density at radius 1 is 1.33 bits per heavy atom. The van der Waals surface area contributed by atoms with Gasteiger partial charge in [-0.1, -0.05) is 24.3 Å². The van der Waals surface area contributed by atoms with Crippen LogP contribution in [0, 0.1) is 6.92 Å². The van der Waals surface area contributed by atoms with E-state index in [2.05, 4.69) is 11.6 Å². The highest BCUT2D eigenvalue weighted by Gasteiger charge is 1.96. The maximum Gasteiger partial charge on any atom is 0.0874 e. The van der Waals surface area contributed by atoms with E-state index >= 15 is 0 Å². The molecular weight excluding hydrogens is 186 g/mol. The van der Waals surface area contributed by atoms with Gasteiger partial charge < -0.3 is 11.5 Å². The summed E-state index contributed by atoms with van der Waals surface area (Å²) in [6.45, 7) is 5.65. The maximum atomic E-state index is 5.57. The van der Waals surface area contributed by atoms with Crippen LogP contribution in [0.25, 0.3) is 0 Å². The Kier molecular flexibility index (Phi) is 3.68. The topological polar surface area (TPSA) is 64.4 Å². The van der Waals surface area contributed by atoms with Crippen molar-refractivity contribution in [2.24, 2.45) is 16.5 Å². The number of nitrogens with zero attached hydrogens (tertiary/aromatic N) is 1. The second kappa shape index (κ2) is 5.00. The van der Waals surface area contributed by atoms with Gasteiger partial charge in [0.15, 0.2) is 0 Å². The molecule has 0 aliphatic rings. The Labute approximate surface area is 89.8 Å². The van der Waals surface area contributed by atoms with Crippen molar-refractivity contribution >= 4 is 11.4 Å². The van der Waals surface area contributed by atoms with Crippen molar-refractivity contribution in [1.29, 1.82) is 0 Å². The smallest absolute Gasteiger partial charge is 0.0874 e. The summed E-state index contributed by atoms with van der Waals surface area (Å²) in [6.07, 6.45) is 3.02. The van der Waals surface area contributed by atoms with Crippen LogP contribution in [0.2, 0.25) is 0 Å². The van der Waals surface area contributed by atoms with Gasteiger partial charge in [0.2, 0.25) is 0 Å². The third-order valence-corrected chi connectivity index (χ3v) is 1.87. The molecule has 0 bridgehead atoms. The number of aryl methyl sites for hydroxylation is 1. The summed E-state index contributed by atoms with van der Waals surface area (Å²) in [6, 6.07) is 7.81. The fraction of sp³-hybridized carbons (Fsp3) is 0.0833. The predicted octanol–water partition coefficient (Wildman–Crippen LogP) is 2.01. The van der Waals surface area contributed by atoms with E-state index in [1.807, 2.05) is 31.2 Å². The van der Waals surface area contributed by atoms with E-state index in [0.717, 1.165) is 5.69 Å². The third-order valence-electron chi connectivity index (χ3n) is 1.87. The Bertz CT molecular complexity index is 399. The summed E-state index contributed by atoms with van der Waals surface area (Å²) in [5.41, 5.74) is 13.9. The van der Waals surface area contributed by atoms with Crippen LogP contribution in [0.5, 0.6) is 0 Å². The first-order valence-corrected chi connectivity index (χ1v) is 4.62. The van der Waals surface area contributed by atoms with Crippen LogP contribution >= 0.6 is 0 Å². The SMILES string of the molecule is C=C(N)C(C=CN)=Nc1ccc(C)cc1. The lowest BCUT2D eigenvalue weighted by atomic mass is 10.2. The van der Waals surface area contributed by atoms with Crippen molar-refractivity contribution in [3.8, 4) is 0 Å². The highest BCUT2D eigenvalue weighted by atomic mass is 14.8. The van der Waals surface area contributed by atoms with Gasteiger partial charge in [-0.25, -0.2) is 4.99 Å². The van der Waals surface area contributed by atoms with Crippen molar-refractivity contribution in [2.75, 3.05) is 0 Å². The van der Waals surface area contributed by atoms with Crippen LogP contribution < -0.4 is 11.5 Å². The average Bonchev–Trinajstić information content (AvgIpc) is 2.20. The summed E-state index contributed by atoms with van der Waals surface area (Å²) in [4.78, 5) is 4.31. The Morgan fingerprint density at radius 3 is 2.40 bits per heavy atom. The van der Waals surface area contributed by atoms with E-state index < -0.39 is 0 Å². The summed E-state index contributed by atoms with van der Waals surface area (Å²) in [5.74, 6) is 0. The molecule has 0 amide bonds. The van der Waals surface area contributed by atoms with Crippen LogP contribution in [0.15, 0.2) is 53.8 Å². The first kappa shape index (κ1) is 11.0. The lowest BCUT2D eigenvalue weighted by Gasteiger charge is -2.00. The minimum absolute atomic E-state index is 0.400. The molecule has 3 nitrogen and oxygen atoms in total. The molecule has 15 heavy (non-hydrogen) atoms. The molecule has 3 heteroatoms. The first-order valence-electron chi connectivity index (χ1n) is 4.62. The molecule has 0 spiro atoms. The minimum atomic E-state index is 0.400. The van der Waals surface area contributed by atoms with Crippen molar-refractivity contribution in [3.63, 3.8) is 0 Å². The second-order valence-electron chi connectivity index (χ2n) is 3.22. The number of rotatable bonds is 3. The molecule has 0 saturated carbocycles. The summed E-state index contributed by atoms with van der Waals surface area (Å²) in [5, 5.41) is 0. The predicted molar refractivity (Wildman–Crippen MR) is 64.9 cm³/mol. The largest absolute Gasteiger partial charge is 0.405 e. The molecule has 1 aromatic carbocycles. The van der Waals surface area contributed by atoms with E-state index in [-0.39, 0.29) is 0 Å². The molecule has 1 rings (SSSR count). The molecule has 78 valence electrons. The molecule has 0 radical (unpaired) electrons. The molecular formula is C12H15N3. The second-order valence-corrected chi connectivity index (χ2v) is 3.22. The molecule has 1 aromatic rings. The number of hydrogen-bond donors (Lipinski definition) is 2. The van der Waals surface area contributed by atoms with Crippen LogP contribution in [0.3, 0.4) is 0 Å².